The maximum atomic E-state index is 12.6. The summed E-state index contributed by atoms with van der Waals surface area (Å²) >= 11 is 0. The van der Waals surface area contributed by atoms with Crippen LogP contribution in [-0.2, 0) is 0 Å². The van der Waals surface area contributed by atoms with Gasteiger partial charge in [0.05, 0.1) is 0 Å². The van der Waals surface area contributed by atoms with Gasteiger partial charge in [-0.1, -0.05) is 25.9 Å². The number of aromatic nitrogens is 1. The second-order valence-electron chi connectivity index (χ2n) is 8.49. The zero-order valence-corrected chi connectivity index (χ0v) is 14.9. The molecule has 128 valence electrons. The van der Waals surface area contributed by atoms with Crippen LogP contribution >= 0.6 is 0 Å². The van der Waals surface area contributed by atoms with Crippen molar-refractivity contribution in [1.29, 1.82) is 0 Å². The van der Waals surface area contributed by atoms with E-state index in [4.69, 9.17) is 4.52 Å². The average Bonchev–Trinajstić information content (AvgIpc) is 3.01. The first-order valence-corrected chi connectivity index (χ1v) is 8.77. The predicted octanol–water partition coefficient (Wildman–Crippen LogP) is 3.04. The Hall–Kier alpha value is -1.36. The van der Waals surface area contributed by atoms with Crippen molar-refractivity contribution in [2.75, 3.05) is 13.1 Å². The van der Waals surface area contributed by atoms with E-state index in [0.717, 1.165) is 31.7 Å². The Kier molecular flexibility index (Phi) is 4.25. The van der Waals surface area contributed by atoms with E-state index in [1.54, 1.807) is 0 Å². The van der Waals surface area contributed by atoms with Crippen LogP contribution in [0.2, 0.25) is 0 Å². The minimum Gasteiger partial charge on any atom is -0.360 e. The molecule has 0 spiro atoms. The normalized spacial score (nSPS) is 26.0. The Morgan fingerprint density at radius 1 is 1.35 bits per heavy atom. The smallest absolute Gasteiger partial charge is 0.273 e. The van der Waals surface area contributed by atoms with Gasteiger partial charge in [-0.05, 0) is 38.0 Å². The molecule has 5 nitrogen and oxygen atoms in total. The number of nitrogens with zero attached hydrogens (tertiary/aromatic N) is 2. The lowest BCUT2D eigenvalue weighted by Gasteiger charge is -2.31. The van der Waals surface area contributed by atoms with Crippen molar-refractivity contribution in [2.24, 2.45) is 11.3 Å². The molecule has 2 fully saturated rings. The van der Waals surface area contributed by atoms with Crippen LogP contribution < -0.4 is 5.32 Å². The molecule has 1 amide bonds. The number of carbonyl (C=O) groups is 1. The Bertz CT molecular complexity index is 569. The third kappa shape index (κ3) is 3.60. The fraction of sp³-hybridized carbons (Fsp3) is 0.778. The molecule has 0 aromatic carbocycles. The molecule has 1 saturated carbocycles. The van der Waals surface area contributed by atoms with Crippen molar-refractivity contribution in [1.82, 2.24) is 15.4 Å². The van der Waals surface area contributed by atoms with Gasteiger partial charge in [-0.3, -0.25) is 9.69 Å². The first kappa shape index (κ1) is 16.5. The van der Waals surface area contributed by atoms with Gasteiger partial charge in [-0.2, -0.15) is 0 Å². The van der Waals surface area contributed by atoms with Gasteiger partial charge in [0.2, 0.25) is 0 Å². The van der Waals surface area contributed by atoms with Gasteiger partial charge in [-0.15, -0.1) is 0 Å². The number of hydrogen-bond donors (Lipinski definition) is 1. The summed E-state index contributed by atoms with van der Waals surface area (Å²) in [5.74, 6) is 1.67. The molecule has 1 saturated heterocycles. The van der Waals surface area contributed by atoms with E-state index >= 15 is 0 Å². The largest absolute Gasteiger partial charge is 0.360 e. The van der Waals surface area contributed by atoms with Gasteiger partial charge in [0.1, 0.15) is 5.76 Å². The fourth-order valence-electron chi connectivity index (χ4n) is 3.48. The zero-order chi connectivity index (χ0) is 16.8. The number of likely N-dealkylation sites (tertiary alicyclic amines) is 1. The van der Waals surface area contributed by atoms with E-state index in [1.165, 1.54) is 0 Å². The van der Waals surface area contributed by atoms with E-state index in [1.807, 2.05) is 6.07 Å². The molecule has 1 aliphatic carbocycles. The second-order valence-corrected chi connectivity index (χ2v) is 8.49. The van der Waals surface area contributed by atoms with Gasteiger partial charge < -0.3 is 9.84 Å². The van der Waals surface area contributed by atoms with Crippen molar-refractivity contribution in [3.63, 3.8) is 0 Å². The second kappa shape index (κ2) is 5.93. The van der Waals surface area contributed by atoms with Crippen LogP contribution in [0.1, 0.15) is 69.6 Å². The first-order chi connectivity index (χ1) is 10.8. The van der Waals surface area contributed by atoms with Crippen molar-refractivity contribution in [2.45, 2.75) is 65.5 Å². The molecule has 1 aromatic heterocycles. The van der Waals surface area contributed by atoms with E-state index in [0.29, 0.717) is 23.6 Å². The Morgan fingerprint density at radius 3 is 2.61 bits per heavy atom. The fourth-order valence-corrected chi connectivity index (χ4v) is 3.48. The SMILES string of the molecule is CC(C)N1C[C@H](NC(=O)c2cc(C3CC3)on2)[C@H](C(C)(C)C)C1. The lowest BCUT2D eigenvalue weighted by atomic mass is 9.78. The summed E-state index contributed by atoms with van der Waals surface area (Å²) in [4.78, 5) is 15.0. The van der Waals surface area contributed by atoms with Gasteiger partial charge in [0.15, 0.2) is 5.69 Å². The van der Waals surface area contributed by atoms with Gasteiger partial charge in [0.25, 0.3) is 5.91 Å². The van der Waals surface area contributed by atoms with Crippen molar-refractivity contribution in [3.8, 4) is 0 Å². The standard InChI is InChI=1S/C18H29N3O2/c1-11(2)21-9-13(18(3,4)5)15(10-21)19-17(22)14-8-16(23-20-14)12-6-7-12/h8,11-13,15H,6-7,9-10H2,1-5H3,(H,19,22)/t13-,15+/m1/s1. The van der Waals surface area contributed by atoms with Crippen LogP contribution in [0.3, 0.4) is 0 Å². The molecule has 0 unspecified atom stereocenters. The highest BCUT2D eigenvalue weighted by Gasteiger charge is 2.41. The molecule has 2 aliphatic rings. The van der Waals surface area contributed by atoms with Crippen LogP contribution in [0.25, 0.3) is 0 Å². The maximum Gasteiger partial charge on any atom is 0.273 e. The van der Waals surface area contributed by atoms with Crippen LogP contribution in [0.4, 0.5) is 0 Å². The summed E-state index contributed by atoms with van der Waals surface area (Å²) in [5, 5.41) is 7.17. The number of amides is 1. The molecule has 2 atom stereocenters. The predicted molar refractivity (Wildman–Crippen MR) is 89.4 cm³/mol. The van der Waals surface area contributed by atoms with E-state index in [2.05, 4.69) is 50.0 Å². The van der Waals surface area contributed by atoms with Crippen molar-refractivity contribution >= 4 is 5.91 Å². The minimum atomic E-state index is -0.106. The Balaban J connectivity index is 1.69. The van der Waals surface area contributed by atoms with Gasteiger partial charge in [-0.25, -0.2) is 0 Å². The molecule has 5 heteroatoms. The molecular weight excluding hydrogens is 290 g/mol. The van der Waals surface area contributed by atoms with Crippen molar-refractivity contribution in [3.05, 3.63) is 17.5 Å². The summed E-state index contributed by atoms with van der Waals surface area (Å²) in [7, 11) is 0. The lowest BCUT2D eigenvalue weighted by molar-refractivity contribution is 0.0903. The molecule has 23 heavy (non-hydrogen) atoms. The highest BCUT2D eigenvalue weighted by molar-refractivity contribution is 5.92. The van der Waals surface area contributed by atoms with E-state index < -0.39 is 0 Å². The van der Waals surface area contributed by atoms with Crippen LogP contribution in [-0.4, -0.2) is 41.1 Å². The Morgan fingerprint density at radius 2 is 2.04 bits per heavy atom. The quantitative estimate of drug-likeness (QED) is 0.927. The zero-order valence-electron chi connectivity index (χ0n) is 14.9. The molecule has 0 radical (unpaired) electrons. The highest BCUT2D eigenvalue weighted by Crippen LogP contribution is 2.40. The van der Waals surface area contributed by atoms with Gasteiger partial charge >= 0.3 is 0 Å². The maximum absolute atomic E-state index is 12.6. The number of rotatable bonds is 4. The molecule has 3 rings (SSSR count). The van der Waals surface area contributed by atoms with Crippen molar-refractivity contribution < 1.29 is 9.32 Å². The molecular formula is C18H29N3O2. The number of nitrogens with one attached hydrogen (secondary N) is 1. The molecule has 1 aliphatic heterocycles. The van der Waals surface area contributed by atoms with Gasteiger partial charge in [0, 0.05) is 37.2 Å². The topological polar surface area (TPSA) is 58.4 Å². The lowest BCUT2D eigenvalue weighted by Crippen LogP contribution is -2.44. The first-order valence-electron chi connectivity index (χ1n) is 8.77. The van der Waals surface area contributed by atoms with E-state index in [-0.39, 0.29) is 17.4 Å². The molecule has 1 N–H and O–H groups in total. The molecule has 0 bridgehead atoms. The summed E-state index contributed by atoms with van der Waals surface area (Å²) < 4.78 is 5.31. The van der Waals surface area contributed by atoms with Crippen LogP contribution in [0.15, 0.2) is 10.6 Å². The van der Waals surface area contributed by atoms with Crippen LogP contribution in [0, 0.1) is 11.3 Å². The highest BCUT2D eigenvalue weighted by atomic mass is 16.5. The Labute approximate surface area is 138 Å². The number of hydrogen-bond acceptors (Lipinski definition) is 4. The minimum absolute atomic E-state index is 0.106. The summed E-state index contributed by atoms with van der Waals surface area (Å²) in [5.41, 5.74) is 0.576. The third-order valence-corrected chi connectivity index (χ3v) is 5.25. The van der Waals surface area contributed by atoms with E-state index in [9.17, 15) is 4.79 Å². The monoisotopic (exact) mass is 319 g/mol. The molecule has 2 heterocycles. The molecule has 1 aromatic rings. The average molecular weight is 319 g/mol. The number of carbonyl (C=O) groups excluding carboxylic acids is 1. The third-order valence-electron chi connectivity index (χ3n) is 5.25. The summed E-state index contributed by atoms with van der Waals surface area (Å²) in [6.45, 7) is 13.1. The van der Waals surface area contributed by atoms with Crippen LogP contribution in [0.5, 0.6) is 0 Å². The summed E-state index contributed by atoms with van der Waals surface area (Å²) in [6.07, 6.45) is 2.29. The summed E-state index contributed by atoms with van der Waals surface area (Å²) in [6, 6.07) is 2.47.